The SMILES string of the molecule is CCNC(CCOCCC(C)C)c1ccco1. The minimum atomic E-state index is 0.272. The van der Waals surface area contributed by atoms with Crippen LogP contribution in [0.3, 0.4) is 0 Å². The van der Waals surface area contributed by atoms with Crippen LogP contribution in [0.25, 0.3) is 0 Å². The zero-order valence-electron chi connectivity index (χ0n) is 11.2. The van der Waals surface area contributed by atoms with E-state index in [2.05, 4.69) is 26.1 Å². The van der Waals surface area contributed by atoms with E-state index in [1.165, 1.54) is 0 Å². The monoisotopic (exact) mass is 239 g/mol. The lowest BCUT2D eigenvalue weighted by Gasteiger charge is -2.15. The van der Waals surface area contributed by atoms with E-state index in [4.69, 9.17) is 9.15 Å². The predicted octanol–water partition coefficient (Wildman–Crippen LogP) is 3.38. The first kappa shape index (κ1) is 14.3. The van der Waals surface area contributed by atoms with Crippen molar-refractivity contribution < 1.29 is 9.15 Å². The van der Waals surface area contributed by atoms with E-state index in [1.807, 2.05) is 12.1 Å². The molecule has 0 aliphatic rings. The molecule has 0 saturated carbocycles. The number of furan rings is 1. The zero-order valence-corrected chi connectivity index (χ0v) is 11.2. The van der Waals surface area contributed by atoms with Gasteiger partial charge in [0.2, 0.25) is 0 Å². The Labute approximate surface area is 105 Å². The Bertz CT molecular complexity index is 270. The Morgan fingerprint density at radius 1 is 1.29 bits per heavy atom. The fraction of sp³-hybridized carbons (Fsp3) is 0.714. The fourth-order valence-corrected chi connectivity index (χ4v) is 1.70. The van der Waals surface area contributed by atoms with Crippen LogP contribution < -0.4 is 5.32 Å². The van der Waals surface area contributed by atoms with E-state index >= 15 is 0 Å². The van der Waals surface area contributed by atoms with Gasteiger partial charge in [0.05, 0.1) is 12.3 Å². The molecule has 0 aliphatic heterocycles. The summed E-state index contributed by atoms with van der Waals surface area (Å²) in [5.41, 5.74) is 0. The van der Waals surface area contributed by atoms with Crippen LogP contribution in [0.4, 0.5) is 0 Å². The molecule has 98 valence electrons. The van der Waals surface area contributed by atoms with Gasteiger partial charge in [-0.15, -0.1) is 0 Å². The lowest BCUT2D eigenvalue weighted by atomic mass is 10.1. The maximum atomic E-state index is 5.64. The van der Waals surface area contributed by atoms with Gasteiger partial charge in [-0.1, -0.05) is 20.8 Å². The third-order valence-corrected chi connectivity index (χ3v) is 2.73. The van der Waals surface area contributed by atoms with E-state index in [9.17, 15) is 0 Å². The number of hydrogen-bond acceptors (Lipinski definition) is 3. The molecule has 0 bridgehead atoms. The molecular formula is C14H25NO2. The van der Waals surface area contributed by atoms with Crippen molar-refractivity contribution in [3.05, 3.63) is 24.2 Å². The van der Waals surface area contributed by atoms with Crippen molar-refractivity contribution in [2.24, 2.45) is 5.92 Å². The number of nitrogens with one attached hydrogen (secondary N) is 1. The highest BCUT2D eigenvalue weighted by Gasteiger charge is 2.12. The largest absolute Gasteiger partial charge is 0.468 e. The summed E-state index contributed by atoms with van der Waals surface area (Å²) in [4.78, 5) is 0. The molecule has 0 radical (unpaired) electrons. The standard InChI is InChI=1S/C14H25NO2/c1-4-15-13(14-6-5-9-17-14)8-11-16-10-7-12(2)3/h5-6,9,12-13,15H,4,7-8,10-11H2,1-3H3. The first-order valence-corrected chi connectivity index (χ1v) is 6.58. The van der Waals surface area contributed by atoms with Crippen molar-refractivity contribution in [3.63, 3.8) is 0 Å². The Morgan fingerprint density at radius 3 is 2.65 bits per heavy atom. The van der Waals surface area contributed by atoms with E-state index in [0.29, 0.717) is 5.92 Å². The second kappa shape index (κ2) is 8.31. The molecule has 1 aromatic heterocycles. The smallest absolute Gasteiger partial charge is 0.120 e. The highest BCUT2D eigenvalue weighted by Crippen LogP contribution is 2.17. The van der Waals surface area contributed by atoms with Gasteiger partial charge in [-0.3, -0.25) is 0 Å². The average Bonchev–Trinajstić information content (AvgIpc) is 2.80. The third-order valence-electron chi connectivity index (χ3n) is 2.73. The molecule has 0 fully saturated rings. The van der Waals surface area contributed by atoms with E-state index in [-0.39, 0.29) is 6.04 Å². The summed E-state index contributed by atoms with van der Waals surface area (Å²) in [6, 6.07) is 4.22. The first-order valence-electron chi connectivity index (χ1n) is 6.58. The van der Waals surface area contributed by atoms with Crippen molar-refractivity contribution in [1.82, 2.24) is 5.32 Å². The first-order chi connectivity index (χ1) is 8.24. The van der Waals surface area contributed by atoms with Gasteiger partial charge in [-0.25, -0.2) is 0 Å². The maximum Gasteiger partial charge on any atom is 0.120 e. The average molecular weight is 239 g/mol. The Hall–Kier alpha value is -0.800. The molecule has 0 amide bonds. The summed E-state index contributed by atoms with van der Waals surface area (Å²) in [6.45, 7) is 9.12. The summed E-state index contributed by atoms with van der Waals surface area (Å²) in [7, 11) is 0. The highest BCUT2D eigenvalue weighted by atomic mass is 16.5. The minimum absolute atomic E-state index is 0.272. The van der Waals surface area contributed by atoms with E-state index in [0.717, 1.165) is 38.4 Å². The quantitative estimate of drug-likeness (QED) is 0.671. The highest BCUT2D eigenvalue weighted by molar-refractivity contribution is 5.04. The van der Waals surface area contributed by atoms with Crippen LogP contribution in [0.15, 0.2) is 22.8 Å². The molecule has 0 spiro atoms. The molecule has 17 heavy (non-hydrogen) atoms. The molecule has 0 aromatic carbocycles. The van der Waals surface area contributed by atoms with Gasteiger partial charge in [0.25, 0.3) is 0 Å². The second-order valence-electron chi connectivity index (χ2n) is 4.71. The zero-order chi connectivity index (χ0) is 12.5. The van der Waals surface area contributed by atoms with E-state index in [1.54, 1.807) is 6.26 Å². The number of rotatable bonds is 9. The van der Waals surface area contributed by atoms with Crippen LogP contribution in [-0.2, 0) is 4.74 Å². The van der Waals surface area contributed by atoms with Crippen molar-refractivity contribution in [2.75, 3.05) is 19.8 Å². The van der Waals surface area contributed by atoms with Gasteiger partial charge in [0.1, 0.15) is 5.76 Å². The topological polar surface area (TPSA) is 34.4 Å². The summed E-state index contributed by atoms with van der Waals surface area (Å²) in [5.74, 6) is 1.71. The summed E-state index contributed by atoms with van der Waals surface area (Å²) < 4.78 is 11.1. The third kappa shape index (κ3) is 5.89. The van der Waals surface area contributed by atoms with Gasteiger partial charge < -0.3 is 14.5 Å². The molecule has 1 rings (SSSR count). The number of ether oxygens (including phenoxy) is 1. The Morgan fingerprint density at radius 2 is 2.06 bits per heavy atom. The summed E-state index contributed by atoms with van der Waals surface area (Å²) >= 11 is 0. The summed E-state index contributed by atoms with van der Waals surface area (Å²) in [5, 5.41) is 3.41. The van der Waals surface area contributed by atoms with Crippen LogP contribution in [0.2, 0.25) is 0 Å². The molecule has 1 atom stereocenters. The maximum absolute atomic E-state index is 5.64. The lowest BCUT2D eigenvalue weighted by Crippen LogP contribution is -2.22. The Kier molecular flexibility index (Phi) is 6.97. The van der Waals surface area contributed by atoms with Gasteiger partial charge in [-0.05, 0) is 37.4 Å². The van der Waals surface area contributed by atoms with Gasteiger partial charge >= 0.3 is 0 Å². The Balaban J connectivity index is 2.21. The van der Waals surface area contributed by atoms with Crippen molar-refractivity contribution >= 4 is 0 Å². The van der Waals surface area contributed by atoms with Crippen LogP contribution in [0.5, 0.6) is 0 Å². The molecule has 3 nitrogen and oxygen atoms in total. The summed E-state index contributed by atoms with van der Waals surface area (Å²) in [6.07, 6.45) is 3.81. The molecule has 3 heteroatoms. The van der Waals surface area contributed by atoms with Crippen LogP contribution in [0.1, 0.15) is 45.4 Å². The molecular weight excluding hydrogens is 214 g/mol. The van der Waals surface area contributed by atoms with Gasteiger partial charge in [0.15, 0.2) is 0 Å². The molecule has 1 heterocycles. The van der Waals surface area contributed by atoms with Crippen LogP contribution in [-0.4, -0.2) is 19.8 Å². The normalized spacial score (nSPS) is 13.2. The van der Waals surface area contributed by atoms with Crippen molar-refractivity contribution in [1.29, 1.82) is 0 Å². The lowest BCUT2D eigenvalue weighted by molar-refractivity contribution is 0.112. The molecule has 0 aliphatic carbocycles. The molecule has 0 saturated heterocycles. The predicted molar refractivity (Wildman–Crippen MR) is 70.0 cm³/mol. The fourth-order valence-electron chi connectivity index (χ4n) is 1.70. The van der Waals surface area contributed by atoms with Crippen molar-refractivity contribution in [2.45, 2.75) is 39.7 Å². The second-order valence-corrected chi connectivity index (χ2v) is 4.71. The van der Waals surface area contributed by atoms with Gasteiger partial charge in [-0.2, -0.15) is 0 Å². The molecule has 1 aromatic rings. The van der Waals surface area contributed by atoms with E-state index < -0.39 is 0 Å². The number of hydrogen-bond donors (Lipinski definition) is 1. The van der Waals surface area contributed by atoms with Gasteiger partial charge in [0, 0.05) is 13.2 Å². The minimum Gasteiger partial charge on any atom is -0.468 e. The van der Waals surface area contributed by atoms with Crippen molar-refractivity contribution in [3.8, 4) is 0 Å². The molecule has 1 unspecified atom stereocenters. The molecule has 1 N–H and O–H groups in total. The van der Waals surface area contributed by atoms with Crippen LogP contribution in [0, 0.1) is 5.92 Å². The van der Waals surface area contributed by atoms with Crippen LogP contribution >= 0.6 is 0 Å².